The van der Waals surface area contributed by atoms with Crippen LogP contribution in [0.3, 0.4) is 0 Å². The molecule has 0 bridgehead atoms. The van der Waals surface area contributed by atoms with Crippen LogP contribution in [0.15, 0.2) is 65.3 Å². The molecule has 0 aromatic heterocycles. The first-order valence-electron chi connectivity index (χ1n) is 10.6. The number of amides is 2. The van der Waals surface area contributed by atoms with Gasteiger partial charge in [-0.25, -0.2) is 12.8 Å². The molecule has 7 nitrogen and oxygen atoms in total. The maximum atomic E-state index is 13.9. The lowest BCUT2D eigenvalue weighted by molar-refractivity contribution is -0.142. The number of ether oxygens (including phenoxy) is 1. The van der Waals surface area contributed by atoms with Crippen LogP contribution in [0.5, 0.6) is 5.75 Å². The Balaban J connectivity index is 1.64. The van der Waals surface area contributed by atoms with E-state index in [0.29, 0.717) is 16.9 Å². The van der Waals surface area contributed by atoms with E-state index < -0.39 is 27.7 Å². The molecule has 2 amide bonds. The number of rotatable bonds is 5. The summed E-state index contributed by atoms with van der Waals surface area (Å²) in [5, 5.41) is 9.55. The Kier molecular flexibility index (Phi) is 6.35. The maximum absolute atomic E-state index is 13.9. The van der Waals surface area contributed by atoms with Crippen molar-refractivity contribution in [1.82, 2.24) is 4.90 Å². The Bertz CT molecular complexity index is 1390. The third kappa shape index (κ3) is 4.63. The molecule has 1 saturated heterocycles. The minimum absolute atomic E-state index is 0.0154. The lowest BCUT2D eigenvalue weighted by Gasteiger charge is -2.31. The zero-order valence-electron chi connectivity index (χ0n) is 18.3. The summed E-state index contributed by atoms with van der Waals surface area (Å²) in [5.41, 5.74) is 1.13. The van der Waals surface area contributed by atoms with Crippen LogP contribution in [0.4, 0.5) is 4.39 Å². The van der Waals surface area contributed by atoms with Crippen molar-refractivity contribution >= 4 is 27.7 Å². The second kappa shape index (κ2) is 9.23. The number of carbonyl (C=O) groups excluding carboxylic acids is 2. The van der Waals surface area contributed by atoms with Gasteiger partial charge in [0, 0.05) is 11.1 Å². The summed E-state index contributed by atoms with van der Waals surface area (Å²) < 4.78 is 43.4. The van der Waals surface area contributed by atoms with E-state index in [-0.39, 0.29) is 47.1 Å². The van der Waals surface area contributed by atoms with Gasteiger partial charge < -0.3 is 4.74 Å². The van der Waals surface area contributed by atoms with Gasteiger partial charge in [0.1, 0.15) is 29.8 Å². The van der Waals surface area contributed by atoms with E-state index in [1.165, 1.54) is 19.1 Å². The summed E-state index contributed by atoms with van der Waals surface area (Å²) in [5.74, 6) is -1.77. The fraction of sp³-hybridized carbons (Fsp3) is 0.240. The molecule has 1 fully saturated rings. The van der Waals surface area contributed by atoms with Crippen molar-refractivity contribution in [2.24, 2.45) is 0 Å². The minimum atomic E-state index is -3.35. The second-order valence-electron chi connectivity index (χ2n) is 8.16. The third-order valence-electron chi connectivity index (χ3n) is 5.87. The van der Waals surface area contributed by atoms with Crippen LogP contribution in [0.25, 0.3) is 6.08 Å². The van der Waals surface area contributed by atoms with Gasteiger partial charge in [-0.05, 0) is 48.8 Å². The van der Waals surface area contributed by atoms with E-state index in [0.717, 1.165) is 4.90 Å². The van der Waals surface area contributed by atoms with Gasteiger partial charge in [-0.2, -0.15) is 5.26 Å². The lowest BCUT2D eigenvalue weighted by Crippen LogP contribution is -2.49. The molecule has 0 spiro atoms. The molecule has 2 aromatic rings. The van der Waals surface area contributed by atoms with Crippen molar-refractivity contribution in [3.05, 3.63) is 82.2 Å². The smallest absolute Gasteiger partial charge is 0.271 e. The van der Waals surface area contributed by atoms with Crippen LogP contribution < -0.4 is 4.74 Å². The first kappa shape index (κ1) is 23.4. The molecular weight excluding hydrogens is 459 g/mol. The highest BCUT2D eigenvalue weighted by atomic mass is 32.2. The van der Waals surface area contributed by atoms with Crippen LogP contribution in [0.2, 0.25) is 0 Å². The van der Waals surface area contributed by atoms with E-state index in [1.54, 1.807) is 42.5 Å². The fourth-order valence-corrected chi connectivity index (χ4v) is 5.75. The summed E-state index contributed by atoms with van der Waals surface area (Å²) in [4.78, 5) is 27.0. The van der Waals surface area contributed by atoms with Crippen LogP contribution in [0, 0.1) is 17.1 Å². The molecule has 2 heterocycles. The molecule has 174 valence electrons. The first-order chi connectivity index (χ1) is 16.2. The van der Waals surface area contributed by atoms with Crippen molar-refractivity contribution in [2.75, 3.05) is 11.5 Å². The van der Waals surface area contributed by atoms with Gasteiger partial charge in [0.05, 0.1) is 17.5 Å². The molecule has 4 rings (SSSR count). The standard InChI is InChI=1S/C25H21FN2O5S/c1-16-21(24(29)28(25(30)22(16)13-27)19-9-10-34(31,32)15-19)12-17-5-4-7-20(11-17)33-14-18-6-2-3-8-23(18)26/h2-8,11-12,19H,9-10,14-15H2,1H3. The molecule has 2 aliphatic rings. The Morgan fingerprint density at radius 2 is 1.94 bits per heavy atom. The molecular formula is C25H21FN2O5S. The summed E-state index contributed by atoms with van der Waals surface area (Å²) in [7, 11) is -3.35. The molecule has 2 aliphatic heterocycles. The number of sulfone groups is 1. The third-order valence-corrected chi connectivity index (χ3v) is 7.62. The molecule has 2 aromatic carbocycles. The predicted molar refractivity (Wildman–Crippen MR) is 122 cm³/mol. The van der Waals surface area contributed by atoms with Crippen molar-refractivity contribution in [2.45, 2.75) is 26.0 Å². The van der Waals surface area contributed by atoms with Gasteiger partial charge in [-0.15, -0.1) is 0 Å². The SMILES string of the molecule is CC1=C(C#N)C(=O)N(C2CCS(=O)(=O)C2)C(=O)C1=Cc1cccc(OCc2ccccc2F)c1. The number of hydrogen-bond donors (Lipinski definition) is 0. The summed E-state index contributed by atoms with van der Waals surface area (Å²) in [6.07, 6.45) is 1.68. The Morgan fingerprint density at radius 3 is 2.62 bits per heavy atom. The molecule has 34 heavy (non-hydrogen) atoms. The van der Waals surface area contributed by atoms with Crippen molar-refractivity contribution in [3.63, 3.8) is 0 Å². The van der Waals surface area contributed by atoms with Gasteiger partial charge in [-0.3, -0.25) is 14.5 Å². The second-order valence-corrected chi connectivity index (χ2v) is 10.4. The summed E-state index contributed by atoms with van der Waals surface area (Å²) in [6.45, 7) is 1.53. The topological polar surface area (TPSA) is 105 Å². The van der Waals surface area contributed by atoms with Gasteiger partial charge >= 0.3 is 0 Å². The molecule has 0 radical (unpaired) electrons. The van der Waals surface area contributed by atoms with Gasteiger partial charge in [0.2, 0.25) is 0 Å². The van der Waals surface area contributed by atoms with E-state index in [4.69, 9.17) is 4.74 Å². The number of benzene rings is 2. The van der Waals surface area contributed by atoms with Crippen molar-refractivity contribution in [3.8, 4) is 11.8 Å². The van der Waals surface area contributed by atoms with E-state index in [2.05, 4.69) is 0 Å². The van der Waals surface area contributed by atoms with Gasteiger partial charge in [0.15, 0.2) is 9.84 Å². The number of carbonyl (C=O) groups is 2. The largest absolute Gasteiger partial charge is 0.489 e. The monoisotopic (exact) mass is 480 g/mol. The highest BCUT2D eigenvalue weighted by Crippen LogP contribution is 2.31. The Labute approximate surface area is 196 Å². The zero-order chi connectivity index (χ0) is 24.5. The molecule has 9 heteroatoms. The maximum Gasteiger partial charge on any atom is 0.271 e. The average Bonchev–Trinajstić information content (AvgIpc) is 3.16. The lowest BCUT2D eigenvalue weighted by atomic mass is 9.92. The molecule has 0 N–H and O–H groups in total. The van der Waals surface area contributed by atoms with E-state index in [1.807, 2.05) is 6.07 Å². The van der Waals surface area contributed by atoms with Crippen LogP contribution >= 0.6 is 0 Å². The van der Waals surface area contributed by atoms with Crippen LogP contribution in [-0.2, 0) is 26.0 Å². The van der Waals surface area contributed by atoms with Crippen molar-refractivity contribution in [1.29, 1.82) is 5.26 Å². The fourth-order valence-electron chi connectivity index (χ4n) is 4.05. The first-order valence-corrected chi connectivity index (χ1v) is 12.4. The Morgan fingerprint density at radius 1 is 1.18 bits per heavy atom. The zero-order valence-corrected chi connectivity index (χ0v) is 19.1. The number of halogens is 1. The van der Waals surface area contributed by atoms with E-state index >= 15 is 0 Å². The number of nitrogens with zero attached hydrogens (tertiary/aromatic N) is 2. The average molecular weight is 481 g/mol. The molecule has 1 atom stereocenters. The quantitative estimate of drug-likeness (QED) is 0.481. The molecule has 0 aliphatic carbocycles. The van der Waals surface area contributed by atoms with Crippen molar-refractivity contribution < 1.29 is 27.1 Å². The van der Waals surface area contributed by atoms with Crippen LogP contribution in [-0.4, -0.2) is 42.7 Å². The number of hydrogen-bond acceptors (Lipinski definition) is 6. The summed E-state index contributed by atoms with van der Waals surface area (Å²) >= 11 is 0. The minimum Gasteiger partial charge on any atom is -0.489 e. The number of imide groups is 1. The predicted octanol–water partition coefficient (Wildman–Crippen LogP) is 3.18. The number of nitriles is 1. The normalized spacial score (nSPS) is 21.1. The van der Waals surface area contributed by atoms with E-state index in [9.17, 15) is 27.7 Å². The Hall–Kier alpha value is -3.77. The molecule has 1 unspecified atom stereocenters. The molecule has 0 saturated carbocycles. The summed E-state index contributed by atoms with van der Waals surface area (Å²) in [6, 6.07) is 14.1. The van der Waals surface area contributed by atoms with Crippen LogP contribution in [0.1, 0.15) is 24.5 Å². The van der Waals surface area contributed by atoms with Gasteiger partial charge in [-0.1, -0.05) is 30.3 Å². The van der Waals surface area contributed by atoms with Gasteiger partial charge in [0.25, 0.3) is 11.8 Å². The highest BCUT2D eigenvalue weighted by Gasteiger charge is 2.43. The highest BCUT2D eigenvalue weighted by molar-refractivity contribution is 7.91.